The summed E-state index contributed by atoms with van der Waals surface area (Å²) in [5, 5.41) is 6.09. The maximum absolute atomic E-state index is 12.2. The van der Waals surface area contributed by atoms with Gasteiger partial charge in [0.05, 0.1) is 29.2 Å². The summed E-state index contributed by atoms with van der Waals surface area (Å²) in [6.07, 6.45) is 1.65. The molecule has 4 aromatic rings. The molecule has 0 radical (unpaired) electrons. The molecule has 0 amide bonds. The Kier molecular flexibility index (Phi) is 2.82. The number of aryl methyl sites for hydroxylation is 1. The summed E-state index contributed by atoms with van der Waals surface area (Å²) < 4.78 is 1.90. The van der Waals surface area contributed by atoms with Gasteiger partial charge in [-0.2, -0.15) is 5.10 Å². The second kappa shape index (κ2) is 4.84. The number of H-pyrrole nitrogens is 1. The standard InChI is InChI=1S/C18H15N3O/c1-12-7-8-16-14(9-12)17-15(18(22)20-16)10-19-21(17)11-13-5-3-2-4-6-13/h2-10H,11H2,1H3,(H,20,22). The summed E-state index contributed by atoms with van der Waals surface area (Å²) in [6.45, 7) is 2.70. The second-order valence-electron chi connectivity index (χ2n) is 5.55. The quantitative estimate of drug-likeness (QED) is 0.616. The third-order valence-electron chi connectivity index (χ3n) is 3.94. The van der Waals surface area contributed by atoms with Crippen LogP contribution < -0.4 is 5.56 Å². The Morgan fingerprint density at radius 3 is 2.73 bits per heavy atom. The number of benzene rings is 2. The molecule has 0 saturated heterocycles. The van der Waals surface area contributed by atoms with Gasteiger partial charge in [0.1, 0.15) is 0 Å². The molecule has 2 heterocycles. The van der Waals surface area contributed by atoms with Crippen LogP contribution in [0.1, 0.15) is 11.1 Å². The van der Waals surface area contributed by atoms with Crippen molar-refractivity contribution in [3.63, 3.8) is 0 Å². The first kappa shape index (κ1) is 12.8. The number of aromatic nitrogens is 3. The summed E-state index contributed by atoms with van der Waals surface area (Å²) in [6, 6.07) is 16.2. The van der Waals surface area contributed by atoms with Crippen molar-refractivity contribution in [1.82, 2.24) is 14.8 Å². The minimum Gasteiger partial charge on any atom is -0.321 e. The third kappa shape index (κ3) is 2.00. The number of hydrogen-bond donors (Lipinski definition) is 1. The van der Waals surface area contributed by atoms with Crippen LogP contribution in [0.25, 0.3) is 21.8 Å². The van der Waals surface area contributed by atoms with E-state index < -0.39 is 0 Å². The first-order chi connectivity index (χ1) is 10.7. The predicted molar refractivity (Wildman–Crippen MR) is 88.1 cm³/mol. The van der Waals surface area contributed by atoms with Gasteiger partial charge in [0, 0.05) is 5.39 Å². The summed E-state index contributed by atoms with van der Waals surface area (Å²) >= 11 is 0. The number of aromatic amines is 1. The van der Waals surface area contributed by atoms with Gasteiger partial charge >= 0.3 is 0 Å². The Labute approximate surface area is 127 Å². The van der Waals surface area contributed by atoms with Gasteiger partial charge in [0.15, 0.2) is 0 Å². The van der Waals surface area contributed by atoms with Crippen LogP contribution in [0.3, 0.4) is 0 Å². The zero-order valence-electron chi connectivity index (χ0n) is 12.2. The topological polar surface area (TPSA) is 50.7 Å². The van der Waals surface area contributed by atoms with Crippen LogP contribution in [0.15, 0.2) is 59.5 Å². The molecular weight excluding hydrogens is 274 g/mol. The minimum atomic E-state index is -0.0920. The SMILES string of the molecule is Cc1ccc2[nH]c(=O)c3cnn(Cc4ccccc4)c3c2c1. The number of nitrogens with zero attached hydrogens (tertiary/aromatic N) is 2. The zero-order chi connectivity index (χ0) is 15.1. The molecule has 4 nitrogen and oxygen atoms in total. The highest BCUT2D eigenvalue weighted by Gasteiger charge is 2.11. The lowest BCUT2D eigenvalue weighted by Gasteiger charge is -2.07. The molecule has 4 rings (SSSR count). The Morgan fingerprint density at radius 1 is 1.09 bits per heavy atom. The van der Waals surface area contributed by atoms with Gasteiger partial charge in [0.25, 0.3) is 5.56 Å². The van der Waals surface area contributed by atoms with Gasteiger partial charge in [-0.3, -0.25) is 9.48 Å². The Balaban J connectivity index is 2.02. The van der Waals surface area contributed by atoms with E-state index in [0.717, 1.165) is 27.5 Å². The van der Waals surface area contributed by atoms with Crippen molar-refractivity contribution in [2.75, 3.05) is 0 Å². The lowest BCUT2D eigenvalue weighted by Crippen LogP contribution is -2.08. The van der Waals surface area contributed by atoms with E-state index in [-0.39, 0.29) is 5.56 Å². The fourth-order valence-corrected chi connectivity index (χ4v) is 2.86. The molecule has 4 heteroatoms. The molecule has 0 spiro atoms. The summed E-state index contributed by atoms with van der Waals surface area (Å²) in [7, 11) is 0. The van der Waals surface area contributed by atoms with Crippen LogP contribution in [-0.2, 0) is 6.54 Å². The van der Waals surface area contributed by atoms with Crippen LogP contribution in [0.2, 0.25) is 0 Å². The van der Waals surface area contributed by atoms with E-state index in [2.05, 4.69) is 28.3 Å². The average Bonchev–Trinajstić information content (AvgIpc) is 2.94. The highest BCUT2D eigenvalue weighted by atomic mass is 16.1. The average molecular weight is 289 g/mol. The Morgan fingerprint density at radius 2 is 1.91 bits per heavy atom. The monoisotopic (exact) mass is 289 g/mol. The fraction of sp³-hybridized carbons (Fsp3) is 0.111. The molecule has 2 aromatic carbocycles. The van der Waals surface area contributed by atoms with Gasteiger partial charge in [-0.15, -0.1) is 0 Å². The van der Waals surface area contributed by atoms with Crippen molar-refractivity contribution >= 4 is 21.8 Å². The molecule has 0 atom stereocenters. The van der Waals surface area contributed by atoms with E-state index >= 15 is 0 Å². The maximum Gasteiger partial charge on any atom is 0.259 e. The van der Waals surface area contributed by atoms with Crippen LogP contribution in [0, 0.1) is 6.92 Å². The van der Waals surface area contributed by atoms with E-state index in [1.54, 1.807) is 6.20 Å². The van der Waals surface area contributed by atoms with E-state index in [4.69, 9.17) is 0 Å². The lowest BCUT2D eigenvalue weighted by atomic mass is 10.1. The van der Waals surface area contributed by atoms with Crippen LogP contribution in [0.5, 0.6) is 0 Å². The van der Waals surface area contributed by atoms with Gasteiger partial charge in [-0.1, -0.05) is 42.0 Å². The maximum atomic E-state index is 12.2. The predicted octanol–water partition coefficient (Wildman–Crippen LogP) is 3.23. The van der Waals surface area contributed by atoms with Gasteiger partial charge in [-0.05, 0) is 24.6 Å². The highest BCUT2D eigenvalue weighted by molar-refractivity contribution is 6.03. The summed E-state index contributed by atoms with van der Waals surface area (Å²) in [5.74, 6) is 0. The number of rotatable bonds is 2. The molecule has 0 aliphatic rings. The third-order valence-corrected chi connectivity index (χ3v) is 3.94. The molecule has 0 bridgehead atoms. The molecule has 0 fully saturated rings. The first-order valence-corrected chi connectivity index (χ1v) is 7.24. The van der Waals surface area contributed by atoms with Gasteiger partial charge < -0.3 is 4.98 Å². The van der Waals surface area contributed by atoms with E-state index in [1.165, 1.54) is 0 Å². The van der Waals surface area contributed by atoms with E-state index in [9.17, 15) is 4.79 Å². The van der Waals surface area contributed by atoms with Crippen LogP contribution in [0.4, 0.5) is 0 Å². The van der Waals surface area contributed by atoms with Crippen molar-refractivity contribution in [3.8, 4) is 0 Å². The minimum absolute atomic E-state index is 0.0920. The fourth-order valence-electron chi connectivity index (χ4n) is 2.86. The zero-order valence-corrected chi connectivity index (χ0v) is 12.2. The molecule has 108 valence electrons. The normalized spacial score (nSPS) is 11.3. The Hall–Kier alpha value is -2.88. The first-order valence-electron chi connectivity index (χ1n) is 7.24. The highest BCUT2D eigenvalue weighted by Crippen LogP contribution is 2.22. The van der Waals surface area contributed by atoms with E-state index in [0.29, 0.717) is 11.9 Å². The van der Waals surface area contributed by atoms with Gasteiger partial charge in [0.2, 0.25) is 0 Å². The van der Waals surface area contributed by atoms with Crippen LogP contribution in [-0.4, -0.2) is 14.8 Å². The summed E-state index contributed by atoms with van der Waals surface area (Å²) in [4.78, 5) is 15.2. The Bertz CT molecular complexity index is 1030. The second-order valence-corrected chi connectivity index (χ2v) is 5.55. The summed E-state index contributed by atoms with van der Waals surface area (Å²) in [5.41, 5.74) is 3.97. The number of pyridine rings is 1. The molecule has 0 aliphatic heterocycles. The van der Waals surface area contributed by atoms with Crippen LogP contribution >= 0.6 is 0 Å². The van der Waals surface area contributed by atoms with Crippen molar-refractivity contribution in [1.29, 1.82) is 0 Å². The molecule has 2 aromatic heterocycles. The van der Waals surface area contributed by atoms with Gasteiger partial charge in [-0.25, -0.2) is 0 Å². The van der Waals surface area contributed by atoms with Crippen molar-refractivity contribution < 1.29 is 0 Å². The smallest absolute Gasteiger partial charge is 0.259 e. The molecule has 0 saturated carbocycles. The molecule has 0 aliphatic carbocycles. The number of fused-ring (bicyclic) bond motifs is 3. The van der Waals surface area contributed by atoms with Crippen molar-refractivity contribution in [2.24, 2.45) is 0 Å². The number of hydrogen-bond acceptors (Lipinski definition) is 2. The van der Waals surface area contributed by atoms with Crippen molar-refractivity contribution in [3.05, 3.63) is 76.2 Å². The molecule has 0 unspecified atom stereocenters. The van der Waals surface area contributed by atoms with Crippen molar-refractivity contribution in [2.45, 2.75) is 13.5 Å². The molecule has 22 heavy (non-hydrogen) atoms. The molecule has 1 N–H and O–H groups in total. The molecular formula is C18H15N3O. The van der Waals surface area contributed by atoms with E-state index in [1.807, 2.05) is 41.9 Å². The largest absolute Gasteiger partial charge is 0.321 e. The number of nitrogens with one attached hydrogen (secondary N) is 1. The lowest BCUT2D eigenvalue weighted by molar-refractivity contribution is 0.714.